The number of carbonyl (C=O) groups is 2. The first kappa shape index (κ1) is 21.5. The van der Waals surface area contributed by atoms with Crippen LogP contribution in [0.25, 0.3) is 6.08 Å². The largest absolute Gasteiger partial charge is 0.322 e. The van der Waals surface area contributed by atoms with Gasteiger partial charge in [-0.3, -0.25) is 14.9 Å². The highest BCUT2D eigenvalue weighted by atomic mass is 16.6. The third kappa shape index (κ3) is 4.32. The fraction of sp³-hybridized carbons (Fsp3) is 0.280. The van der Waals surface area contributed by atoms with Crippen LogP contribution < -0.4 is 5.32 Å². The molecule has 0 saturated carbocycles. The van der Waals surface area contributed by atoms with Crippen LogP contribution in [-0.4, -0.2) is 28.2 Å². The molecule has 0 saturated heterocycles. The van der Waals surface area contributed by atoms with E-state index >= 15 is 0 Å². The molecule has 2 aromatic rings. The summed E-state index contributed by atoms with van der Waals surface area (Å²) in [7, 11) is 0. The van der Waals surface area contributed by atoms with E-state index in [1.807, 2.05) is 56.3 Å². The molecule has 164 valence electrons. The Hall–Kier alpha value is -3.74. The van der Waals surface area contributed by atoms with Crippen molar-refractivity contribution in [1.29, 1.82) is 0 Å². The summed E-state index contributed by atoms with van der Waals surface area (Å²) < 4.78 is 0. The number of nitro groups is 1. The molecule has 7 nitrogen and oxygen atoms in total. The third-order valence-electron chi connectivity index (χ3n) is 5.86. The SMILES string of the molecule is CC1(C)CC(=O)C2=C(C1)NC(=O)N(C/C=C/c1ccccc1)C2c1ccc([N+](=O)[O-])cc1. The summed E-state index contributed by atoms with van der Waals surface area (Å²) in [4.78, 5) is 38.5. The summed E-state index contributed by atoms with van der Waals surface area (Å²) in [6.45, 7) is 4.31. The van der Waals surface area contributed by atoms with E-state index < -0.39 is 11.0 Å². The average molecular weight is 431 g/mol. The van der Waals surface area contributed by atoms with E-state index in [0.29, 0.717) is 29.7 Å². The predicted octanol–water partition coefficient (Wildman–Crippen LogP) is 5.02. The second-order valence-corrected chi connectivity index (χ2v) is 8.98. The Morgan fingerprint density at radius 3 is 2.44 bits per heavy atom. The lowest BCUT2D eigenvalue weighted by Crippen LogP contribution is -2.51. The van der Waals surface area contributed by atoms with Crippen LogP contribution in [0.1, 0.15) is 43.9 Å². The number of rotatable bonds is 5. The Morgan fingerprint density at radius 1 is 1.09 bits per heavy atom. The first-order valence-electron chi connectivity index (χ1n) is 10.5. The maximum atomic E-state index is 13.2. The minimum absolute atomic E-state index is 0.00311. The van der Waals surface area contributed by atoms with E-state index in [0.717, 1.165) is 5.56 Å². The summed E-state index contributed by atoms with van der Waals surface area (Å²) in [5, 5.41) is 14.0. The maximum absolute atomic E-state index is 13.2. The average Bonchev–Trinajstić information content (AvgIpc) is 2.74. The number of amides is 2. The molecule has 0 bridgehead atoms. The van der Waals surface area contributed by atoms with Gasteiger partial charge in [0.15, 0.2) is 5.78 Å². The number of Topliss-reactive ketones (excluding diaryl/α,β-unsaturated/α-hetero) is 1. The standard InChI is InChI=1S/C25H25N3O4/c1-25(2)15-20-22(21(29)16-25)23(18-10-12-19(13-11-18)28(31)32)27(24(30)26-20)14-6-9-17-7-4-3-5-8-17/h3-13,23H,14-16H2,1-2H3,(H,26,30)/b9-6+. The number of urea groups is 1. The first-order chi connectivity index (χ1) is 15.2. The van der Waals surface area contributed by atoms with E-state index in [2.05, 4.69) is 5.32 Å². The van der Waals surface area contributed by atoms with Crippen LogP contribution in [0.5, 0.6) is 0 Å². The van der Waals surface area contributed by atoms with Gasteiger partial charge in [0, 0.05) is 36.4 Å². The topological polar surface area (TPSA) is 92.6 Å². The van der Waals surface area contributed by atoms with Crippen molar-refractivity contribution in [3.8, 4) is 0 Å². The molecule has 1 atom stereocenters. The fourth-order valence-corrected chi connectivity index (χ4v) is 4.42. The highest BCUT2D eigenvalue weighted by Gasteiger charge is 2.43. The van der Waals surface area contributed by atoms with Crippen molar-refractivity contribution in [2.45, 2.75) is 32.7 Å². The van der Waals surface area contributed by atoms with Crippen LogP contribution in [0.15, 0.2) is 71.9 Å². The van der Waals surface area contributed by atoms with Crippen molar-refractivity contribution in [2.75, 3.05) is 6.54 Å². The van der Waals surface area contributed by atoms with Gasteiger partial charge in [0.25, 0.3) is 5.69 Å². The van der Waals surface area contributed by atoms with Crippen molar-refractivity contribution < 1.29 is 14.5 Å². The van der Waals surface area contributed by atoms with Gasteiger partial charge >= 0.3 is 6.03 Å². The number of hydrogen-bond donors (Lipinski definition) is 1. The van der Waals surface area contributed by atoms with Gasteiger partial charge in [0.2, 0.25) is 0 Å². The molecule has 2 aliphatic rings. The van der Waals surface area contributed by atoms with E-state index in [1.165, 1.54) is 12.1 Å². The number of nitro benzene ring substituents is 1. The van der Waals surface area contributed by atoms with Crippen molar-refractivity contribution in [1.82, 2.24) is 10.2 Å². The first-order valence-corrected chi connectivity index (χ1v) is 10.5. The minimum Gasteiger partial charge on any atom is -0.311 e. The Bertz CT molecular complexity index is 1120. The molecule has 1 aliphatic carbocycles. The number of benzene rings is 2. The van der Waals surface area contributed by atoms with Crippen LogP contribution in [0, 0.1) is 15.5 Å². The molecule has 4 rings (SSSR count). The quantitative estimate of drug-likeness (QED) is 0.532. The highest BCUT2D eigenvalue weighted by Crippen LogP contribution is 2.44. The molecular weight excluding hydrogens is 406 g/mol. The second kappa shape index (κ2) is 8.42. The molecular formula is C25H25N3O4. The van der Waals surface area contributed by atoms with E-state index in [1.54, 1.807) is 17.0 Å². The summed E-state index contributed by atoms with van der Waals surface area (Å²) in [6, 6.07) is 15.0. The highest BCUT2D eigenvalue weighted by molar-refractivity contribution is 6.01. The minimum atomic E-state index is -0.594. The monoisotopic (exact) mass is 431 g/mol. The molecule has 32 heavy (non-hydrogen) atoms. The van der Waals surface area contributed by atoms with E-state index in [-0.39, 0.29) is 29.5 Å². The molecule has 2 aromatic carbocycles. The van der Waals surface area contributed by atoms with Crippen molar-refractivity contribution in [3.05, 3.63) is 93.2 Å². The summed E-state index contributed by atoms with van der Waals surface area (Å²) in [6.07, 6.45) is 4.79. The number of hydrogen-bond acceptors (Lipinski definition) is 4. The molecule has 0 fully saturated rings. The lowest BCUT2D eigenvalue weighted by Gasteiger charge is -2.43. The Balaban J connectivity index is 1.73. The van der Waals surface area contributed by atoms with Crippen LogP contribution in [0.2, 0.25) is 0 Å². The molecule has 0 radical (unpaired) electrons. The predicted molar refractivity (Wildman–Crippen MR) is 122 cm³/mol. The van der Waals surface area contributed by atoms with E-state index in [4.69, 9.17) is 0 Å². The second-order valence-electron chi connectivity index (χ2n) is 8.98. The van der Waals surface area contributed by atoms with Crippen LogP contribution in [-0.2, 0) is 4.79 Å². The van der Waals surface area contributed by atoms with Crippen LogP contribution >= 0.6 is 0 Å². The Morgan fingerprint density at radius 2 is 1.78 bits per heavy atom. The summed E-state index contributed by atoms with van der Waals surface area (Å²) in [5.41, 5.74) is 2.65. The van der Waals surface area contributed by atoms with Gasteiger partial charge in [-0.15, -0.1) is 0 Å². The zero-order valence-corrected chi connectivity index (χ0v) is 18.1. The van der Waals surface area contributed by atoms with Gasteiger partial charge in [-0.05, 0) is 35.1 Å². The fourth-order valence-electron chi connectivity index (χ4n) is 4.42. The number of allylic oxidation sites excluding steroid dienone is 1. The van der Waals surface area contributed by atoms with Crippen molar-refractivity contribution >= 4 is 23.6 Å². The smallest absolute Gasteiger partial charge is 0.311 e. The van der Waals surface area contributed by atoms with Gasteiger partial charge in [-0.1, -0.05) is 56.3 Å². The molecule has 0 aromatic heterocycles. The van der Waals surface area contributed by atoms with Gasteiger partial charge in [-0.2, -0.15) is 0 Å². The van der Waals surface area contributed by atoms with Crippen LogP contribution in [0.4, 0.5) is 10.5 Å². The molecule has 1 heterocycles. The van der Waals surface area contributed by atoms with Gasteiger partial charge in [0.1, 0.15) is 0 Å². The van der Waals surface area contributed by atoms with Gasteiger partial charge in [-0.25, -0.2) is 4.79 Å². The lowest BCUT2D eigenvalue weighted by atomic mass is 9.72. The van der Waals surface area contributed by atoms with E-state index in [9.17, 15) is 19.7 Å². The van der Waals surface area contributed by atoms with Crippen LogP contribution in [0.3, 0.4) is 0 Å². The number of non-ortho nitro benzene ring substituents is 1. The summed E-state index contributed by atoms with van der Waals surface area (Å²) in [5.74, 6) is -0.00311. The maximum Gasteiger partial charge on any atom is 0.322 e. The number of carbonyl (C=O) groups excluding carboxylic acids is 2. The Labute approximate surface area is 186 Å². The molecule has 1 N–H and O–H groups in total. The number of nitrogens with one attached hydrogen (secondary N) is 1. The summed E-state index contributed by atoms with van der Waals surface area (Å²) >= 11 is 0. The van der Waals surface area contributed by atoms with Gasteiger partial charge < -0.3 is 10.2 Å². The molecule has 2 amide bonds. The third-order valence-corrected chi connectivity index (χ3v) is 5.86. The number of nitrogens with zero attached hydrogens (tertiary/aromatic N) is 2. The van der Waals surface area contributed by atoms with Crippen molar-refractivity contribution in [3.63, 3.8) is 0 Å². The van der Waals surface area contributed by atoms with Gasteiger partial charge in [0.05, 0.1) is 11.0 Å². The zero-order chi connectivity index (χ0) is 22.9. The lowest BCUT2D eigenvalue weighted by molar-refractivity contribution is -0.384. The van der Waals surface area contributed by atoms with Crippen molar-refractivity contribution in [2.24, 2.45) is 5.41 Å². The molecule has 1 unspecified atom stereocenters. The molecule has 1 aliphatic heterocycles. The molecule has 0 spiro atoms. The normalized spacial score (nSPS) is 20.3. The number of ketones is 1. The Kier molecular flexibility index (Phi) is 5.65. The molecule has 7 heteroatoms. The zero-order valence-electron chi connectivity index (χ0n) is 18.1.